The number of rotatable bonds is 1. The Balaban J connectivity index is 2.30. The minimum absolute atomic E-state index is 0.205. The predicted molar refractivity (Wildman–Crippen MR) is 59.0 cm³/mol. The molecule has 0 bridgehead atoms. The Labute approximate surface area is 91.8 Å². The van der Waals surface area contributed by atoms with Gasteiger partial charge in [-0.15, -0.1) is 0 Å². The Morgan fingerprint density at radius 1 is 1.57 bits per heavy atom. The summed E-state index contributed by atoms with van der Waals surface area (Å²) in [6.07, 6.45) is -0.164. The van der Waals surface area contributed by atoms with Crippen LogP contribution in [0.15, 0.2) is 28.7 Å². The van der Waals surface area contributed by atoms with Gasteiger partial charge in [0.25, 0.3) is 0 Å². The molecule has 0 radical (unpaired) electrons. The molecule has 76 valence electrons. The maximum absolute atomic E-state index is 13.1. The van der Waals surface area contributed by atoms with Crippen LogP contribution in [0.5, 0.6) is 0 Å². The zero-order valence-electron chi connectivity index (χ0n) is 8.06. The molecule has 1 nitrogen and oxygen atoms in total. The largest absolute Gasteiger partial charge is 0.305 e. The van der Waals surface area contributed by atoms with E-state index in [0.29, 0.717) is 13.0 Å². The third-order valence-electron chi connectivity index (χ3n) is 2.81. The maximum atomic E-state index is 13.1. The number of hydrogen-bond acceptors (Lipinski definition) is 1. The first-order valence-corrected chi connectivity index (χ1v) is 5.55. The third kappa shape index (κ3) is 1.84. The van der Waals surface area contributed by atoms with Gasteiger partial charge in [0.2, 0.25) is 0 Å². The van der Waals surface area contributed by atoms with Crippen molar-refractivity contribution in [2.24, 2.45) is 0 Å². The van der Waals surface area contributed by atoms with Crippen molar-refractivity contribution >= 4 is 15.9 Å². The van der Waals surface area contributed by atoms with Crippen LogP contribution in [0.2, 0.25) is 0 Å². The Kier molecular flexibility index (Phi) is 2.62. The van der Waals surface area contributed by atoms with E-state index in [1.165, 1.54) is 0 Å². The lowest BCUT2D eigenvalue weighted by Gasteiger charge is -2.24. The fourth-order valence-corrected chi connectivity index (χ4v) is 2.37. The van der Waals surface area contributed by atoms with Crippen LogP contribution < -0.4 is 5.32 Å². The normalized spacial score (nSPS) is 32.1. The summed E-state index contributed by atoms with van der Waals surface area (Å²) < 4.78 is 14.2. The molecule has 0 amide bonds. The average Bonchev–Trinajstić information content (AvgIpc) is 2.48. The first kappa shape index (κ1) is 10.1. The fourth-order valence-electron chi connectivity index (χ4n) is 1.97. The summed E-state index contributed by atoms with van der Waals surface area (Å²) in [7, 11) is 0. The van der Waals surface area contributed by atoms with E-state index in [0.717, 1.165) is 10.0 Å². The second kappa shape index (κ2) is 3.63. The van der Waals surface area contributed by atoms with Crippen LogP contribution in [0.1, 0.15) is 18.9 Å². The second-order valence-electron chi connectivity index (χ2n) is 4.02. The quantitative estimate of drug-likeness (QED) is 0.816. The van der Waals surface area contributed by atoms with Crippen molar-refractivity contribution in [3.05, 3.63) is 34.3 Å². The zero-order valence-corrected chi connectivity index (χ0v) is 9.64. The summed E-state index contributed by atoms with van der Waals surface area (Å²) in [5.74, 6) is 0. The lowest BCUT2D eigenvalue weighted by atomic mass is 9.90. The van der Waals surface area contributed by atoms with Crippen molar-refractivity contribution in [2.75, 3.05) is 6.54 Å². The molecule has 0 aromatic heterocycles. The minimum atomic E-state index is -0.723. The van der Waals surface area contributed by atoms with E-state index in [-0.39, 0.29) is 5.54 Å². The summed E-state index contributed by atoms with van der Waals surface area (Å²) in [5.41, 5.74) is 0.940. The molecule has 14 heavy (non-hydrogen) atoms. The van der Waals surface area contributed by atoms with Gasteiger partial charge in [0.1, 0.15) is 6.17 Å². The molecule has 1 aromatic rings. The van der Waals surface area contributed by atoms with Gasteiger partial charge in [-0.05, 0) is 24.6 Å². The van der Waals surface area contributed by atoms with Crippen molar-refractivity contribution < 1.29 is 4.39 Å². The highest BCUT2D eigenvalue weighted by molar-refractivity contribution is 9.10. The Morgan fingerprint density at radius 3 is 2.93 bits per heavy atom. The molecule has 1 aromatic carbocycles. The molecule has 1 aliphatic heterocycles. The molecule has 2 rings (SSSR count). The van der Waals surface area contributed by atoms with E-state index >= 15 is 0 Å². The van der Waals surface area contributed by atoms with Crippen LogP contribution in [0, 0.1) is 0 Å². The molecule has 0 saturated carbocycles. The smallest absolute Gasteiger partial charge is 0.115 e. The highest BCUT2D eigenvalue weighted by Gasteiger charge is 2.36. The van der Waals surface area contributed by atoms with Crippen molar-refractivity contribution in [1.82, 2.24) is 5.32 Å². The number of benzene rings is 1. The first-order chi connectivity index (χ1) is 6.60. The lowest BCUT2D eigenvalue weighted by molar-refractivity contribution is 0.333. The molecule has 3 heteroatoms. The van der Waals surface area contributed by atoms with Crippen LogP contribution in [-0.4, -0.2) is 12.7 Å². The zero-order chi connectivity index (χ0) is 10.2. The van der Waals surface area contributed by atoms with E-state index in [1.807, 2.05) is 31.2 Å². The van der Waals surface area contributed by atoms with Gasteiger partial charge < -0.3 is 5.32 Å². The van der Waals surface area contributed by atoms with Gasteiger partial charge in [0.05, 0.1) is 0 Å². The predicted octanol–water partition coefficient (Wildman–Crippen LogP) is 3.00. The molecule has 2 unspecified atom stereocenters. The van der Waals surface area contributed by atoms with Crippen molar-refractivity contribution in [1.29, 1.82) is 0 Å². The third-order valence-corrected chi connectivity index (χ3v) is 3.30. The van der Waals surface area contributed by atoms with Crippen LogP contribution >= 0.6 is 15.9 Å². The Bertz CT molecular complexity index is 342. The van der Waals surface area contributed by atoms with Crippen LogP contribution in [0.4, 0.5) is 4.39 Å². The van der Waals surface area contributed by atoms with Crippen molar-refractivity contribution in [3.63, 3.8) is 0 Å². The summed E-state index contributed by atoms with van der Waals surface area (Å²) >= 11 is 3.43. The highest BCUT2D eigenvalue weighted by atomic mass is 79.9. The number of nitrogens with one attached hydrogen (secondary N) is 1. The molecule has 1 fully saturated rings. The van der Waals surface area contributed by atoms with E-state index in [1.54, 1.807) is 0 Å². The number of hydrogen-bond donors (Lipinski definition) is 1. The van der Waals surface area contributed by atoms with Gasteiger partial charge in [0, 0.05) is 23.0 Å². The Morgan fingerprint density at radius 2 is 2.36 bits per heavy atom. The molecular weight excluding hydrogens is 245 g/mol. The SMILES string of the molecule is CC1(c2cccc(Br)c2)CC(F)CN1. The maximum Gasteiger partial charge on any atom is 0.115 e. The fraction of sp³-hybridized carbons (Fsp3) is 0.455. The van der Waals surface area contributed by atoms with Gasteiger partial charge >= 0.3 is 0 Å². The monoisotopic (exact) mass is 257 g/mol. The Hall–Kier alpha value is -0.410. The van der Waals surface area contributed by atoms with Crippen LogP contribution in [0.3, 0.4) is 0 Å². The molecule has 1 heterocycles. The van der Waals surface area contributed by atoms with Gasteiger partial charge in [-0.3, -0.25) is 0 Å². The highest BCUT2D eigenvalue weighted by Crippen LogP contribution is 2.32. The second-order valence-corrected chi connectivity index (χ2v) is 4.94. The molecule has 2 atom stereocenters. The van der Waals surface area contributed by atoms with Gasteiger partial charge in [-0.1, -0.05) is 28.1 Å². The first-order valence-electron chi connectivity index (χ1n) is 4.75. The summed E-state index contributed by atoms with van der Waals surface area (Å²) in [6, 6.07) is 8.05. The molecule has 0 spiro atoms. The summed E-state index contributed by atoms with van der Waals surface area (Å²) in [4.78, 5) is 0. The van der Waals surface area contributed by atoms with Crippen LogP contribution in [0.25, 0.3) is 0 Å². The van der Waals surface area contributed by atoms with E-state index in [9.17, 15) is 4.39 Å². The van der Waals surface area contributed by atoms with Gasteiger partial charge in [0.15, 0.2) is 0 Å². The molecule has 1 N–H and O–H groups in total. The minimum Gasteiger partial charge on any atom is -0.305 e. The topological polar surface area (TPSA) is 12.0 Å². The van der Waals surface area contributed by atoms with Gasteiger partial charge in [-0.2, -0.15) is 0 Å². The summed E-state index contributed by atoms with van der Waals surface area (Å²) in [5, 5.41) is 3.23. The molecule has 0 aliphatic carbocycles. The summed E-state index contributed by atoms with van der Waals surface area (Å²) in [6.45, 7) is 2.51. The van der Waals surface area contributed by atoms with Crippen molar-refractivity contribution in [2.45, 2.75) is 25.1 Å². The standard InChI is InChI=1S/C11H13BrFN/c1-11(6-10(13)7-14-11)8-3-2-4-9(12)5-8/h2-5,10,14H,6-7H2,1H3. The lowest BCUT2D eigenvalue weighted by Crippen LogP contribution is -2.32. The van der Waals surface area contributed by atoms with E-state index in [2.05, 4.69) is 21.2 Å². The van der Waals surface area contributed by atoms with E-state index in [4.69, 9.17) is 0 Å². The van der Waals surface area contributed by atoms with Gasteiger partial charge in [-0.25, -0.2) is 4.39 Å². The van der Waals surface area contributed by atoms with E-state index < -0.39 is 6.17 Å². The molecule has 1 aliphatic rings. The van der Waals surface area contributed by atoms with Crippen molar-refractivity contribution in [3.8, 4) is 0 Å². The average molecular weight is 258 g/mol. The van der Waals surface area contributed by atoms with Crippen LogP contribution in [-0.2, 0) is 5.54 Å². The molecule has 1 saturated heterocycles. The number of alkyl halides is 1. The molecular formula is C11H13BrFN. The number of halogens is 2.